The minimum atomic E-state index is -0.579. The van der Waals surface area contributed by atoms with Crippen molar-refractivity contribution >= 4 is 23.4 Å². The van der Waals surface area contributed by atoms with Crippen molar-refractivity contribution in [3.05, 3.63) is 34.9 Å². The molecule has 0 fully saturated rings. The number of benzene rings is 1. The predicted octanol–water partition coefficient (Wildman–Crippen LogP) is 1.56. The van der Waals surface area contributed by atoms with E-state index in [0.717, 1.165) is 0 Å². The van der Waals surface area contributed by atoms with Crippen molar-refractivity contribution in [2.45, 2.75) is 26.8 Å². The van der Waals surface area contributed by atoms with Crippen molar-refractivity contribution in [1.82, 2.24) is 10.6 Å². The Morgan fingerprint density at radius 1 is 1.14 bits per heavy atom. The first-order chi connectivity index (χ1) is 9.71. The Bertz CT molecular complexity index is 495. The van der Waals surface area contributed by atoms with Gasteiger partial charge in [-0.05, 0) is 29.7 Å². The molecular formula is C15H22ClN3O2. The highest BCUT2D eigenvalue weighted by Crippen LogP contribution is 2.16. The number of hydrogen-bond acceptors (Lipinski definition) is 3. The van der Waals surface area contributed by atoms with Gasteiger partial charge in [0.15, 0.2) is 0 Å². The van der Waals surface area contributed by atoms with Crippen LogP contribution >= 0.6 is 11.6 Å². The van der Waals surface area contributed by atoms with Crippen LogP contribution in [0.2, 0.25) is 5.02 Å². The zero-order valence-electron chi connectivity index (χ0n) is 12.6. The average molecular weight is 312 g/mol. The maximum Gasteiger partial charge on any atom is 0.251 e. The molecule has 5 nitrogen and oxygen atoms in total. The Morgan fingerprint density at radius 3 is 2.19 bits per heavy atom. The number of nitrogens with two attached hydrogens (primary N) is 1. The normalized spacial score (nSPS) is 12.6. The first-order valence-electron chi connectivity index (χ1n) is 6.79. The van der Waals surface area contributed by atoms with Crippen LogP contribution in [0.5, 0.6) is 0 Å². The molecule has 0 saturated carbocycles. The zero-order valence-corrected chi connectivity index (χ0v) is 13.3. The molecule has 0 unspecified atom stereocenters. The highest BCUT2D eigenvalue weighted by molar-refractivity contribution is 6.30. The highest BCUT2D eigenvalue weighted by atomic mass is 35.5. The fraction of sp³-hybridized carbons (Fsp3) is 0.467. The number of carbonyl (C=O) groups excluding carboxylic acids is 2. The van der Waals surface area contributed by atoms with Crippen LogP contribution in [-0.2, 0) is 4.79 Å². The van der Waals surface area contributed by atoms with Crippen molar-refractivity contribution in [1.29, 1.82) is 0 Å². The van der Waals surface area contributed by atoms with E-state index in [0.29, 0.717) is 23.7 Å². The predicted molar refractivity (Wildman–Crippen MR) is 84.2 cm³/mol. The summed E-state index contributed by atoms with van der Waals surface area (Å²) in [6, 6.07) is 6.02. The van der Waals surface area contributed by atoms with Crippen molar-refractivity contribution in [2.75, 3.05) is 13.1 Å². The van der Waals surface area contributed by atoms with Gasteiger partial charge in [-0.25, -0.2) is 0 Å². The van der Waals surface area contributed by atoms with Crippen molar-refractivity contribution in [3.8, 4) is 0 Å². The number of halogens is 1. The van der Waals surface area contributed by atoms with E-state index in [1.54, 1.807) is 24.3 Å². The van der Waals surface area contributed by atoms with Crippen LogP contribution < -0.4 is 16.4 Å². The number of carbonyl (C=O) groups is 2. The van der Waals surface area contributed by atoms with E-state index in [4.69, 9.17) is 17.3 Å². The van der Waals surface area contributed by atoms with Gasteiger partial charge in [-0.1, -0.05) is 32.4 Å². The topological polar surface area (TPSA) is 84.2 Å². The van der Waals surface area contributed by atoms with Crippen LogP contribution in [-0.4, -0.2) is 30.9 Å². The second-order valence-electron chi connectivity index (χ2n) is 5.90. The molecule has 0 bridgehead atoms. The molecule has 4 N–H and O–H groups in total. The second-order valence-corrected chi connectivity index (χ2v) is 6.33. The van der Waals surface area contributed by atoms with Crippen molar-refractivity contribution < 1.29 is 9.59 Å². The molecule has 0 aliphatic carbocycles. The molecule has 0 saturated heterocycles. The molecule has 1 aromatic rings. The molecule has 0 aromatic heterocycles. The number of hydrogen-bond donors (Lipinski definition) is 3. The van der Waals surface area contributed by atoms with Gasteiger partial charge >= 0.3 is 0 Å². The quantitative estimate of drug-likeness (QED) is 0.722. The fourth-order valence-corrected chi connectivity index (χ4v) is 1.69. The van der Waals surface area contributed by atoms with Gasteiger partial charge in [0.05, 0.1) is 6.04 Å². The van der Waals surface area contributed by atoms with Crippen molar-refractivity contribution in [3.63, 3.8) is 0 Å². The summed E-state index contributed by atoms with van der Waals surface area (Å²) >= 11 is 5.75. The van der Waals surface area contributed by atoms with Gasteiger partial charge in [0, 0.05) is 23.7 Å². The molecule has 116 valence electrons. The summed E-state index contributed by atoms with van der Waals surface area (Å²) in [5.41, 5.74) is 6.06. The van der Waals surface area contributed by atoms with Gasteiger partial charge in [-0.2, -0.15) is 0 Å². The first kappa shape index (κ1) is 17.5. The summed E-state index contributed by atoms with van der Waals surface area (Å²) in [7, 11) is 0. The molecule has 2 amide bonds. The minimum Gasteiger partial charge on any atom is -0.353 e. The van der Waals surface area contributed by atoms with E-state index in [9.17, 15) is 9.59 Å². The zero-order chi connectivity index (χ0) is 16.0. The lowest BCUT2D eigenvalue weighted by Gasteiger charge is -2.25. The molecule has 0 heterocycles. The smallest absolute Gasteiger partial charge is 0.251 e. The lowest BCUT2D eigenvalue weighted by molar-refractivity contribution is -0.124. The number of amides is 2. The van der Waals surface area contributed by atoms with Gasteiger partial charge in [-0.15, -0.1) is 0 Å². The molecule has 0 spiro atoms. The fourth-order valence-electron chi connectivity index (χ4n) is 1.57. The molecule has 1 aromatic carbocycles. The van der Waals surface area contributed by atoms with Crippen LogP contribution in [0.4, 0.5) is 0 Å². The summed E-state index contributed by atoms with van der Waals surface area (Å²) in [6.07, 6.45) is 0. The van der Waals surface area contributed by atoms with Crippen LogP contribution in [0.3, 0.4) is 0 Å². The Hall–Kier alpha value is -1.59. The standard InChI is InChI=1S/C15H22ClN3O2/c1-15(2,3)12(17)14(21)19-9-8-18-13(20)10-4-6-11(16)7-5-10/h4-7,12H,8-9,17H2,1-3H3,(H,18,20)(H,19,21)/t12-/m1/s1. The molecule has 21 heavy (non-hydrogen) atoms. The second kappa shape index (κ2) is 7.43. The summed E-state index contributed by atoms with van der Waals surface area (Å²) in [5, 5.41) is 6.00. The lowest BCUT2D eigenvalue weighted by atomic mass is 9.87. The van der Waals surface area contributed by atoms with Crippen LogP contribution in [0.15, 0.2) is 24.3 Å². The maximum atomic E-state index is 11.8. The van der Waals surface area contributed by atoms with E-state index in [1.165, 1.54) is 0 Å². The monoisotopic (exact) mass is 311 g/mol. The molecule has 1 rings (SSSR count). The first-order valence-corrected chi connectivity index (χ1v) is 7.16. The number of nitrogens with one attached hydrogen (secondary N) is 2. The average Bonchev–Trinajstić information content (AvgIpc) is 2.42. The van der Waals surface area contributed by atoms with E-state index in [-0.39, 0.29) is 17.2 Å². The Balaban J connectivity index is 2.33. The maximum absolute atomic E-state index is 11.8. The van der Waals surface area contributed by atoms with Gasteiger partial charge in [0.2, 0.25) is 5.91 Å². The highest BCUT2D eigenvalue weighted by Gasteiger charge is 2.26. The molecule has 1 atom stereocenters. The third-order valence-corrected chi connectivity index (χ3v) is 3.28. The van der Waals surface area contributed by atoms with E-state index < -0.39 is 6.04 Å². The molecule has 6 heteroatoms. The molecule has 0 radical (unpaired) electrons. The van der Waals surface area contributed by atoms with Gasteiger partial charge in [0.1, 0.15) is 0 Å². The molecular weight excluding hydrogens is 290 g/mol. The Morgan fingerprint density at radius 2 is 1.67 bits per heavy atom. The van der Waals surface area contributed by atoms with Gasteiger partial charge < -0.3 is 16.4 Å². The number of rotatable bonds is 5. The van der Waals surface area contributed by atoms with Crippen LogP contribution in [0.25, 0.3) is 0 Å². The summed E-state index contributed by atoms with van der Waals surface area (Å²) in [6.45, 7) is 6.38. The third-order valence-electron chi connectivity index (χ3n) is 3.03. The molecule has 0 aliphatic heterocycles. The SMILES string of the molecule is CC(C)(C)[C@H](N)C(=O)NCCNC(=O)c1ccc(Cl)cc1. The summed E-state index contributed by atoms with van der Waals surface area (Å²) in [4.78, 5) is 23.6. The summed E-state index contributed by atoms with van der Waals surface area (Å²) in [5.74, 6) is -0.427. The van der Waals surface area contributed by atoms with E-state index in [2.05, 4.69) is 10.6 Å². The van der Waals surface area contributed by atoms with Gasteiger partial charge in [0.25, 0.3) is 5.91 Å². The van der Waals surface area contributed by atoms with Crippen LogP contribution in [0, 0.1) is 5.41 Å². The lowest BCUT2D eigenvalue weighted by Crippen LogP contribution is -2.49. The Kier molecular flexibility index (Phi) is 6.18. The van der Waals surface area contributed by atoms with E-state index in [1.807, 2.05) is 20.8 Å². The summed E-state index contributed by atoms with van der Waals surface area (Å²) < 4.78 is 0. The van der Waals surface area contributed by atoms with Gasteiger partial charge in [-0.3, -0.25) is 9.59 Å². The third kappa shape index (κ3) is 5.73. The largest absolute Gasteiger partial charge is 0.353 e. The van der Waals surface area contributed by atoms with Crippen LogP contribution in [0.1, 0.15) is 31.1 Å². The minimum absolute atomic E-state index is 0.207. The Labute approximate surface area is 130 Å². The molecule has 0 aliphatic rings. The van der Waals surface area contributed by atoms with Crippen molar-refractivity contribution in [2.24, 2.45) is 11.1 Å². The van der Waals surface area contributed by atoms with E-state index >= 15 is 0 Å².